The van der Waals surface area contributed by atoms with Crippen LogP contribution >= 0.6 is 0 Å². The molecule has 1 nitrogen and oxygen atoms in total. The molecule has 0 saturated carbocycles. The first-order valence-electron chi connectivity index (χ1n) is 20.0. The van der Waals surface area contributed by atoms with Crippen LogP contribution in [0.5, 0.6) is 11.5 Å². The molecule has 0 N–H and O–H groups in total. The van der Waals surface area contributed by atoms with Crippen molar-refractivity contribution in [2.24, 2.45) is 0 Å². The summed E-state index contributed by atoms with van der Waals surface area (Å²) in [4.78, 5) is 0. The van der Waals surface area contributed by atoms with Gasteiger partial charge in [-0.15, -0.1) is 0 Å². The van der Waals surface area contributed by atoms with E-state index in [1.807, 2.05) is 0 Å². The van der Waals surface area contributed by atoms with Gasteiger partial charge in [-0.25, -0.2) is 0 Å². The molecule has 0 fully saturated rings. The summed E-state index contributed by atoms with van der Waals surface area (Å²) in [7, 11) is 0. The topological polar surface area (TPSA) is 9.23 Å². The standard InChI is InChI=1S/C55H39BO/c1-34-32-35(2)53(36(3)33-34)56-48-24-14-15-25-49(48)57-55-47-31-30-45-43(42-22-12-10-20-40(42)37-16-6-4-7-17-37)28-26-39-27-29-46(51(47)50(39)45)52(54(55)56)44-23-13-11-21-41(44)38-18-8-5-9-19-38/h4-33H,1-3H3. The van der Waals surface area contributed by atoms with Crippen molar-refractivity contribution in [2.75, 3.05) is 0 Å². The van der Waals surface area contributed by atoms with Gasteiger partial charge in [-0.1, -0.05) is 192 Å². The lowest BCUT2D eigenvalue weighted by atomic mass is 9.33. The van der Waals surface area contributed by atoms with Gasteiger partial charge in [0.1, 0.15) is 11.5 Å². The Balaban J connectivity index is 1.31. The number of aryl methyl sites for hydroxylation is 3. The van der Waals surface area contributed by atoms with Gasteiger partial charge in [0, 0.05) is 10.8 Å². The number of rotatable bonds is 5. The average molecular weight is 727 g/mol. The zero-order valence-corrected chi connectivity index (χ0v) is 32.3. The normalized spacial score (nSPS) is 12.2. The summed E-state index contributed by atoms with van der Waals surface area (Å²) >= 11 is 0. The van der Waals surface area contributed by atoms with Crippen LogP contribution in [0.2, 0.25) is 0 Å². The Hall–Kier alpha value is -6.90. The van der Waals surface area contributed by atoms with Crippen LogP contribution in [0.1, 0.15) is 16.7 Å². The Bertz CT molecular complexity index is 3160. The Morgan fingerprint density at radius 3 is 1.65 bits per heavy atom. The monoisotopic (exact) mass is 726 g/mol. The molecule has 0 bridgehead atoms. The van der Waals surface area contributed by atoms with Gasteiger partial charge in [0.2, 0.25) is 0 Å². The molecule has 0 aromatic heterocycles. The molecule has 0 radical (unpaired) electrons. The molecular formula is C55H39BO. The molecule has 0 aliphatic carbocycles. The maximum absolute atomic E-state index is 7.29. The second kappa shape index (κ2) is 13.1. The Morgan fingerprint density at radius 2 is 0.947 bits per heavy atom. The molecular weight excluding hydrogens is 687 g/mol. The molecule has 0 atom stereocenters. The zero-order valence-electron chi connectivity index (χ0n) is 32.3. The number of benzene rings is 10. The largest absolute Gasteiger partial charge is 0.458 e. The van der Waals surface area contributed by atoms with Crippen LogP contribution in [0.3, 0.4) is 0 Å². The molecule has 11 rings (SSSR count). The number of hydrogen-bond acceptors (Lipinski definition) is 1. The van der Waals surface area contributed by atoms with E-state index in [0.717, 1.165) is 16.9 Å². The summed E-state index contributed by atoms with van der Waals surface area (Å²) in [5.74, 6) is 1.87. The fraction of sp³-hybridized carbons (Fsp3) is 0.0545. The van der Waals surface area contributed by atoms with Crippen LogP contribution in [0, 0.1) is 20.8 Å². The van der Waals surface area contributed by atoms with Crippen LogP contribution in [0.15, 0.2) is 182 Å². The molecule has 0 spiro atoms. The molecule has 1 aliphatic heterocycles. The van der Waals surface area contributed by atoms with Crippen LogP contribution in [0.25, 0.3) is 76.8 Å². The van der Waals surface area contributed by atoms with Crippen molar-refractivity contribution in [1.29, 1.82) is 0 Å². The molecule has 0 unspecified atom stereocenters. The summed E-state index contributed by atoms with van der Waals surface area (Å²) in [5, 5.41) is 7.38. The third kappa shape index (κ3) is 5.17. The first-order chi connectivity index (χ1) is 28.0. The molecule has 0 saturated heterocycles. The summed E-state index contributed by atoms with van der Waals surface area (Å²) < 4.78 is 7.29. The predicted molar refractivity (Wildman–Crippen MR) is 244 cm³/mol. The molecule has 1 aliphatic rings. The van der Waals surface area contributed by atoms with Gasteiger partial charge in [0.15, 0.2) is 0 Å². The summed E-state index contributed by atoms with van der Waals surface area (Å²) in [6, 6.07) is 66.8. The number of para-hydroxylation sites is 1. The first-order valence-corrected chi connectivity index (χ1v) is 20.0. The summed E-state index contributed by atoms with van der Waals surface area (Å²) in [6.45, 7) is 6.73. The highest BCUT2D eigenvalue weighted by molar-refractivity contribution is 6.98. The maximum Gasteiger partial charge on any atom is 0.252 e. The van der Waals surface area contributed by atoms with Crippen molar-refractivity contribution in [3.63, 3.8) is 0 Å². The minimum atomic E-state index is -0.0420. The fourth-order valence-electron chi connectivity index (χ4n) is 10.0. The smallest absolute Gasteiger partial charge is 0.252 e. The lowest BCUT2D eigenvalue weighted by molar-refractivity contribution is 0.493. The van der Waals surface area contributed by atoms with E-state index in [-0.39, 0.29) is 6.71 Å². The lowest BCUT2D eigenvalue weighted by Crippen LogP contribution is -2.57. The van der Waals surface area contributed by atoms with Gasteiger partial charge >= 0.3 is 0 Å². The number of ether oxygens (including phenoxy) is 1. The van der Waals surface area contributed by atoms with Gasteiger partial charge < -0.3 is 4.74 Å². The van der Waals surface area contributed by atoms with Crippen LogP contribution in [-0.2, 0) is 0 Å². The zero-order chi connectivity index (χ0) is 38.2. The van der Waals surface area contributed by atoms with Crippen molar-refractivity contribution < 1.29 is 4.74 Å². The minimum absolute atomic E-state index is 0.0420. The molecule has 57 heavy (non-hydrogen) atoms. The fourth-order valence-corrected chi connectivity index (χ4v) is 10.0. The third-order valence-electron chi connectivity index (χ3n) is 12.3. The van der Waals surface area contributed by atoms with Crippen LogP contribution < -0.4 is 21.1 Å². The lowest BCUT2D eigenvalue weighted by Gasteiger charge is -2.33. The highest BCUT2D eigenvalue weighted by Crippen LogP contribution is 2.49. The highest BCUT2D eigenvalue weighted by Gasteiger charge is 2.39. The van der Waals surface area contributed by atoms with Crippen molar-refractivity contribution in [2.45, 2.75) is 20.8 Å². The summed E-state index contributed by atoms with van der Waals surface area (Å²) in [5.41, 5.74) is 17.4. The van der Waals surface area contributed by atoms with Gasteiger partial charge in [-0.05, 0) is 110 Å². The van der Waals surface area contributed by atoms with Crippen LogP contribution in [0.4, 0.5) is 0 Å². The van der Waals surface area contributed by atoms with E-state index >= 15 is 0 Å². The van der Waals surface area contributed by atoms with E-state index in [1.54, 1.807) is 0 Å². The molecule has 268 valence electrons. The quantitative estimate of drug-likeness (QED) is 0.127. The van der Waals surface area contributed by atoms with E-state index in [9.17, 15) is 0 Å². The number of fused-ring (bicyclic) bond motifs is 3. The Labute approximate surface area is 334 Å². The van der Waals surface area contributed by atoms with Gasteiger partial charge in [0.25, 0.3) is 6.71 Å². The minimum Gasteiger partial charge on any atom is -0.458 e. The van der Waals surface area contributed by atoms with E-state index < -0.39 is 0 Å². The predicted octanol–water partition coefficient (Wildman–Crippen LogP) is 12.8. The molecule has 1 heterocycles. The molecule has 10 aromatic carbocycles. The SMILES string of the molecule is Cc1cc(C)c(B2c3ccccc3Oc3c2c(-c2ccccc2-c2ccccc2)c2ccc4ccc(-c5ccccc5-c5ccccc5)c5ccc3c2c45)c(C)c1. The second-order valence-electron chi connectivity index (χ2n) is 15.7. The second-order valence-corrected chi connectivity index (χ2v) is 15.7. The molecule has 0 amide bonds. The van der Waals surface area contributed by atoms with E-state index in [0.29, 0.717) is 0 Å². The third-order valence-corrected chi connectivity index (χ3v) is 12.3. The van der Waals surface area contributed by atoms with Crippen molar-refractivity contribution in [3.05, 3.63) is 199 Å². The van der Waals surface area contributed by atoms with E-state index in [4.69, 9.17) is 4.74 Å². The van der Waals surface area contributed by atoms with Gasteiger partial charge in [-0.2, -0.15) is 0 Å². The van der Waals surface area contributed by atoms with Gasteiger partial charge in [-0.3, -0.25) is 0 Å². The maximum atomic E-state index is 7.29. The van der Waals surface area contributed by atoms with E-state index in [1.165, 1.54) is 105 Å². The van der Waals surface area contributed by atoms with Crippen molar-refractivity contribution in [3.8, 4) is 56.0 Å². The summed E-state index contributed by atoms with van der Waals surface area (Å²) in [6.07, 6.45) is 0. The molecule has 10 aromatic rings. The van der Waals surface area contributed by atoms with Gasteiger partial charge in [0.05, 0.1) is 0 Å². The highest BCUT2D eigenvalue weighted by atomic mass is 16.5. The van der Waals surface area contributed by atoms with Crippen molar-refractivity contribution in [1.82, 2.24) is 0 Å². The first kappa shape index (κ1) is 33.4. The Kier molecular flexibility index (Phi) is 7.69. The number of hydrogen-bond donors (Lipinski definition) is 0. The van der Waals surface area contributed by atoms with Crippen molar-refractivity contribution >= 4 is 55.4 Å². The molecule has 2 heteroatoms. The Morgan fingerprint density at radius 1 is 0.404 bits per heavy atom. The van der Waals surface area contributed by atoms with E-state index in [2.05, 4.69) is 203 Å². The van der Waals surface area contributed by atoms with Crippen LogP contribution in [-0.4, -0.2) is 6.71 Å². The average Bonchev–Trinajstić information content (AvgIpc) is 3.25.